The van der Waals surface area contributed by atoms with Gasteiger partial charge in [0.25, 0.3) is 0 Å². The summed E-state index contributed by atoms with van der Waals surface area (Å²) in [5.74, 6) is -0.993. The van der Waals surface area contributed by atoms with Crippen molar-refractivity contribution in [3.8, 4) is 5.69 Å². The van der Waals surface area contributed by atoms with Gasteiger partial charge in [0.15, 0.2) is 5.65 Å². The van der Waals surface area contributed by atoms with Crippen LogP contribution in [0, 0.1) is 13.8 Å². The summed E-state index contributed by atoms with van der Waals surface area (Å²) < 4.78 is 1.59. The summed E-state index contributed by atoms with van der Waals surface area (Å²) in [6, 6.07) is 8.80. The van der Waals surface area contributed by atoms with E-state index in [9.17, 15) is 9.90 Å². The normalized spacial score (nSPS) is 11.0. The van der Waals surface area contributed by atoms with E-state index < -0.39 is 5.97 Å². The van der Waals surface area contributed by atoms with Crippen LogP contribution < -0.4 is 0 Å². The number of nitrogens with zero attached hydrogens (tertiary/aromatic N) is 3. The monoisotopic (exact) mass is 301 g/mol. The average molecular weight is 302 g/mol. The van der Waals surface area contributed by atoms with Gasteiger partial charge in [-0.3, -0.25) is 0 Å². The first-order valence-electron chi connectivity index (χ1n) is 6.34. The summed E-state index contributed by atoms with van der Waals surface area (Å²) in [5.41, 5.74) is 2.60. The molecule has 0 aliphatic carbocycles. The second-order valence-corrected chi connectivity index (χ2v) is 5.17. The van der Waals surface area contributed by atoms with Gasteiger partial charge in [-0.25, -0.2) is 14.5 Å². The molecule has 1 aromatic carbocycles. The van der Waals surface area contributed by atoms with Crippen LogP contribution in [0.4, 0.5) is 0 Å². The molecule has 0 aliphatic heterocycles. The fourth-order valence-corrected chi connectivity index (χ4v) is 2.59. The van der Waals surface area contributed by atoms with Crippen molar-refractivity contribution >= 4 is 28.6 Å². The minimum Gasteiger partial charge on any atom is -0.478 e. The topological polar surface area (TPSA) is 68.0 Å². The second-order valence-electron chi connectivity index (χ2n) is 4.76. The number of halogens is 1. The van der Waals surface area contributed by atoms with Gasteiger partial charge in [-0.1, -0.05) is 23.7 Å². The number of hydrogen-bond donors (Lipinski definition) is 1. The fraction of sp³-hybridized carbons (Fsp3) is 0.133. The van der Waals surface area contributed by atoms with E-state index in [4.69, 9.17) is 11.6 Å². The Morgan fingerprint density at radius 3 is 2.67 bits per heavy atom. The number of carboxylic acid groups (broad SMARTS) is 1. The molecule has 0 aliphatic rings. The van der Waals surface area contributed by atoms with E-state index in [0.717, 1.165) is 0 Å². The van der Waals surface area contributed by atoms with Gasteiger partial charge in [0, 0.05) is 5.69 Å². The SMILES string of the molecule is Cc1cc(C(=O)O)c2c(C)nn(-c3ccccc3Cl)c2n1. The van der Waals surface area contributed by atoms with Crippen LogP contribution in [-0.2, 0) is 0 Å². The van der Waals surface area contributed by atoms with Gasteiger partial charge >= 0.3 is 5.97 Å². The third-order valence-corrected chi connectivity index (χ3v) is 3.57. The number of hydrogen-bond acceptors (Lipinski definition) is 3. The predicted molar refractivity (Wildman–Crippen MR) is 80.3 cm³/mol. The van der Waals surface area contributed by atoms with E-state index in [1.165, 1.54) is 0 Å². The number of aromatic carboxylic acids is 1. The van der Waals surface area contributed by atoms with Gasteiger partial charge in [0.05, 0.1) is 27.4 Å². The van der Waals surface area contributed by atoms with Gasteiger partial charge in [-0.2, -0.15) is 5.10 Å². The van der Waals surface area contributed by atoms with Crippen molar-refractivity contribution in [2.75, 3.05) is 0 Å². The van der Waals surface area contributed by atoms with Crippen LogP contribution >= 0.6 is 11.6 Å². The maximum absolute atomic E-state index is 11.4. The van der Waals surface area contributed by atoms with Crippen LogP contribution in [0.25, 0.3) is 16.7 Å². The first kappa shape index (κ1) is 13.6. The van der Waals surface area contributed by atoms with Crippen LogP contribution in [-0.4, -0.2) is 25.8 Å². The Labute approximate surface area is 125 Å². The van der Waals surface area contributed by atoms with Crippen LogP contribution in [0.1, 0.15) is 21.7 Å². The fourth-order valence-electron chi connectivity index (χ4n) is 2.37. The second kappa shape index (κ2) is 4.86. The summed E-state index contributed by atoms with van der Waals surface area (Å²) in [5, 5.41) is 14.9. The Bertz CT molecular complexity index is 871. The highest BCUT2D eigenvalue weighted by atomic mass is 35.5. The number of benzene rings is 1. The predicted octanol–water partition coefficient (Wildman–Crippen LogP) is 3.39. The van der Waals surface area contributed by atoms with Crippen molar-refractivity contribution in [3.05, 3.63) is 52.3 Å². The van der Waals surface area contributed by atoms with Gasteiger partial charge in [0.2, 0.25) is 0 Å². The van der Waals surface area contributed by atoms with E-state index in [0.29, 0.717) is 33.1 Å². The largest absolute Gasteiger partial charge is 0.478 e. The average Bonchev–Trinajstić information content (AvgIpc) is 2.75. The minimum absolute atomic E-state index is 0.202. The van der Waals surface area contributed by atoms with Crippen molar-refractivity contribution in [1.82, 2.24) is 14.8 Å². The Kier molecular flexibility index (Phi) is 3.14. The van der Waals surface area contributed by atoms with Crippen molar-refractivity contribution in [1.29, 1.82) is 0 Å². The maximum atomic E-state index is 11.4. The van der Waals surface area contributed by atoms with E-state index in [1.807, 2.05) is 18.2 Å². The molecule has 2 aromatic heterocycles. The zero-order chi connectivity index (χ0) is 15.1. The number of para-hydroxylation sites is 1. The molecule has 3 aromatic rings. The molecule has 0 saturated carbocycles. The summed E-state index contributed by atoms with van der Waals surface area (Å²) in [6.07, 6.45) is 0. The van der Waals surface area contributed by atoms with E-state index in [1.54, 1.807) is 30.7 Å². The zero-order valence-corrected chi connectivity index (χ0v) is 12.2. The van der Waals surface area contributed by atoms with Gasteiger partial charge < -0.3 is 5.11 Å². The molecule has 0 atom stereocenters. The Morgan fingerprint density at radius 2 is 2.00 bits per heavy atom. The first-order valence-corrected chi connectivity index (χ1v) is 6.72. The lowest BCUT2D eigenvalue weighted by atomic mass is 10.1. The molecule has 21 heavy (non-hydrogen) atoms. The Morgan fingerprint density at radius 1 is 1.29 bits per heavy atom. The summed E-state index contributed by atoms with van der Waals surface area (Å²) in [4.78, 5) is 15.9. The van der Waals surface area contributed by atoms with Crippen molar-refractivity contribution in [2.45, 2.75) is 13.8 Å². The molecule has 0 radical (unpaired) electrons. The van der Waals surface area contributed by atoms with Crippen LogP contribution in [0.15, 0.2) is 30.3 Å². The zero-order valence-electron chi connectivity index (χ0n) is 11.5. The lowest BCUT2D eigenvalue weighted by Crippen LogP contribution is -2.02. The molecule has 0 fully saturated rings. The number of rotatable bonds is 2. The number of aromatic nitrogens is 3. The summed E-state index contributed by atoms with van der Waals surface area (Å²) in [7, 11) is 0. The van der Waals surface area contributed by atoms with Gasteiger partial charge in [-0.05, 0) is 32.0 Å². The Balaban J connectivity index is 2.42. The highest BCUT2D eigenvalue weighted by molar-refractivity contribution is 6.32. The van der Waals surface area contributed by atoms with Gasteiger partial charge in [-0.15, -0.1) is 0 Å². The molecule has 0 saturated heterocycles. The highest BCUT2D eigenvalue weighted by Crippen LogP contribution is 2.27. The quantitative estimate of drug-likeness (QED) is 0.788. The molecule has 0 unspecified atom stereocenters. The number of fused-ring (bicyclic) bond motifs is 1. The van der Waals surface area contributed by atoms with Crippen molar-refractivity contribution < 1.29 is 9.90 Å². The van der Waals surface area contributed by atoms with Gasteiger partial charge in [0.1, 0.15) is 0 Å². The lowest BCUT2D eigenvalue weighted by Gasteiger charge is -2.06. The number of pyridine rings is 1. The van der Waals surface area contributed by atoms with Crippen LogP contribution in [0.3, 0.4) is 0 Å². The Hall–Kier alpha value is -2.40. The molecule has 2 heterocycles. The van der Waals surface area contributed by atoms with E-state index >= 15 is 0 Å². The summed E-state index contributed by atoms with van der Waals surface area (Å²) >= 11 is 6.21. The minimum atomic E-state index is -0.993. The molecule has 0 bridgehead atoms. The maximum Gasteiger partial charge on any atom is 0.336 e. The third-order valence-electron chi connectivity index (χ3n) is 3.25. The van der Waals surface area contributed by atoms with Crippen molar-refractivity contribution in [2.24, 2.45) is 0 Å². The number of carbonyl (C=O) groups is 1. The molecule has 6 heteroatoms. The standard InChI is InChI=1S/C15H12ClN3O2/c1-8-7-10(15(20)21)13-9(2)18-19(14(13)17-8)12-6-4-3-5-11(12)16/h3-7H,1-2H3,(H,20,21). The first-order chi connectivity index (χ1) is 9.99. The number of aryl methyl sites for hydroxylation is 2. The highest BCUT2D eigenvalue weighted by Gasteiger charge is 2.19. The van der Waals surface area contributed by atoms with Crippen LogP contribution in [0.5, 0.6) is 0 Å². The molecule has 0 amide bonds. The molecule has 0 spiro atoms. The van der Waals surface area contributed by atoms with E-state index in [-0.39, 0.29) is 5.56 Å². The van der Waals surface area contributed by atoms with Crippen LogP contribution in [0.2, 0.25) is 5.02 Å². The molecule has 3 rings (SSSR count). The molecule has 5 nitrogen and oxygen atoms in total. The molecule has 106 valence electrons. The van der Waals surface area contributed by atoms with Crippen molar-refractivity contribution in [3.63, 3.8) is 0 Å². The molecular weight excluding hydrogens is 290 g/mol. The summed E-state index contributed by atoms with van der Waals surface area (Å²) in [6.45, 7) is 3.52. The smallest absolute Gasteiger partial charge is 0.336 e. The number of carboxylic acids is 1. The van der Waals surface area contributed by atoms with E-state index in [2.05, 4.69) is 10.1 Å². The molecule has 1 N–H and O–H groups in total. The molecular formula is C15H12ClN3O2. The lowest BCUT2D eigenvalue weighted by molar-refractivity contribution is 0.0699. The third kappa shape index (κ3) is 2.15.